The molecular formula is C9H16FNO2. The highest BCUT2D eigenvalue weighted by atomic mass is 19.1. The summed E-state index contributed by atoms with van der Waals surface area (Å²) in [4.78, 5) is 12.7. The van der Waals surface area contributed by atoms with E-state index in [4.69, 9.17) is 5.11 Å². The molecule has 1 aliphatic heterocycles. The largest absolute Gasteiger partial charge is 0.481 e. The van der Waals surface area contributed by atoms with Crippen molar-refractivity contribution in [2.75, 3.05) is 26.3 Å². The van der Waals surface area contributed by atoms with E-state index >= 15 is 0 Å². The smallest absolute Gasteiger partial charge is 0.306 e. The molecule has 1 N–H and O–H groups in total. The highest BCUT2D eigenvalue weighted by molar-refractivity contribution is 5.70. The number of carboxylic acid groups (broad SMARTS) is 1. The van der Waals surface area contributed by atoms with Crippen LogP contribution in [-0.4, -0.2) is 42.3 Å². The van der Waals surface area contributed by atoms with Gasteiger partial charge in [0.1, 0.15) is 0 Å². The molecule has 0 aromatic heterocycles. The van der Waals surface area contributed by atoms with Crippen molar-refractivity contribution >= 4 is 5.97 Å². The van der Waals surface area contributed by atoms with Gasteiger partial charge in [0.15, 0.2) is 0 Å². The fraction of sp³-hybridized carbons (Fsp3) is 0.889. The third-order valence-electron chi connectivity index (χ3n) is 2.69. The van der Waals surface area contributed by atoms with E-state index in [1.54, 1.807) is 6.92 Å². The lowest BCUT2D eigenvalue weighted by molar-refractivity contribution is -0.145. The van der Waals surface area contributed by atoms with E-state index in [0.29, 0.717) is 6.42 Å². The van der Waals surface area contributed by atoms with Crippen LogP contribution in [0.4, 0.5) is 4.39 Å². The van der Waals surface area contributed by atoms with E-state index in [1.165, 1.54) is 0 Å². The number of alkyl halides is 1. The maximum absolute atomic E-state index is 11.8. The quantitative estimate of drug-likeness (QED) is 0.701. The molecule has 13 heavy (non-hydrogen) atoms. The Bertz CT molecular complexity index is 180. The summed E-state index contributed by atoms with van der Waals surface area (Å²) < 4.78 is 11.8. The molecular weight excluding hydrogens is 173 g/mol. The summed E-state index contributed by atoms with van der Waals surface area (Å²) >= 11 is 0. The number of carbonyl (C=O) groups is 1. The zero-order chi connectivity index (χ0) is 9.84. The van der Waals surface area contributed by atoms with E-state index in [-0.39, 0.29) is 18.5 Å². The van der Waals surface area contributed by atoms with Gasteiger partial charge in [-0.2, -0.15) is 0 Å². The maximum Gasteiger partial charge on any atom is 0.306 e. The van der Waals surface area contributed by atoms with Gasteiger partial charge in [-0.3, -0.25) is 9.18 Å². The van der Waals surface area contributed by atoms with E-state index in [9.17, 15) is 9.18 Å². The first-order valence-electron chi connectivity index (χ1n) is 4.66. The van der Waals surface area contributed by atoms with Gasteiger partial charge in [0.2, 0.25) is 0 Å². The summed E-state index contributed by atoms with van der Waals surface area (Å²) in [7, 11) is 0. The van der Waals surface area contributed by atoms with Crippen LogP contribution in [0.1, 0.15) is 13.3 Å². The average Bonchev–Trinajstić information content (AvgIpc) is 2.01. The predicted octanol–water partition coefficient (Wildman–Crippen LogP) is 0.998. The molecule has 0 amide bonds. The first-order valence-corrected chi connectivity index (χ1v) is 4.66. The molecule has 1 saturated heterocycles. The van der Waals surface area contributed by atoms with Gasteiger partial charge in [-0.1, -0.05) is 6.92 Å². The Hall–Kier alpha value is -0.640. The number of aliphatic carboxylic acids is 1. The molecule has 76 valence electrons. The van der Waals surface area contributed by atoms with Gasteiger partial charge < -0.3 is 10.0 Å². The van der Waals surface area contributed by atoms with Gasteiger partial charge in [0, 0.05) is 19.6 Å². The molecule has 4 heteroatoms. The summed E-state index contributed by atoms with van der Waals surface area (Å²) in [5.74, 6) is -0.728. The van der Waals surface area contributed by atoms with Crippen LogP contribution < -0.4 is 0 Å². The number of hydrogen-bond acceptors (Lipinski definition) is 2. The third kappa shape index (κ3) is 2.66. The van der Waals surface area contributed by atoms with Crippen molar-refractivity contribution < 1.29 is 14.3 Å². The van der Waals surface area contributed by atoms with E-state index in [0.717, 1.165) is 19.6 Å². The van der Waals surface area contributed by atoms with Crippen molar-refractivity contribution in [2.24, 2.45) is 11.8 Å². The standard InChI is InChI=1S/C9H16FNO2/c1-7(9(12)13)8-5-11(6-8)4-2-3-10/h7-8H,2-6H2,1H3,(H,12,13). The van der Waals surface area contributed by atoms with Crippen LogP contribution in [0.15, 0.2) is 0 Å². The van der Waals surface area contributed by atoms with Crippen molar-refractivity contribution in [3.05, 3.63) is 0 Å². The Morgan fingerprint density at radius 3 is 2.77 bits per heavy atom. The Morgan fingerprint density at radius 2 is 2.31 bits per heavy atom. The van der Waals surface area contributed by atoms with Gasteiger partial charge >= 0.3 is 5.97 Å². The van der Waals surface area contributed by atoms with Crippen LogP contribution in [0.25, 0.3) is 0 Å². The molecule has 1 aliphatic rings. The second-order valence-electron chi connectivity index (χ2n) is 3.69. The van der Waals surface area contributed by atoms with Crippen molar-refractivity contribution in [3.63, 3.8) is 0 Å². The van der Waals surface area contributed by atoms with E-state index in [2.05, 4.69) is 4.90 Å². The average molecular weight is 189 g/mol. The lowest BCUT2D eigenvalue weighted by Gasteiger charge is -2.41. The van der Waals surface area contributed by atoms with Crippen molar-refractivity contribution in [1.29, 1.82) is 0 Å². The molecule has 1 unspecified atom stereocenters. The number of nitrogens with zero attached hydrogens (tertiary/aromatic N) is 1. The van der Waals surface area contributed by atoms with Gasteiger partial charge in [-0.05, 0) is 12.3 Å². The number of likely N-dealkylation sites (tertiary alicyclic amines) is 1. The minimum absolute atomic E-state index is 0.261. The number of rotatable bonds is 5. The lowest BCUT2D eigenvalue weighted by Crippen LogP contribution is -2.51. The molecule has 0 bridgehead atoms. The first kappa shape index (κ1) is 10.4. The molecule has 0 saturated carbocycles. The summed E-state index contributed by atoms with van der Waals surface area (Å²) in [5.41, 5.74) is 0. The highest BCUT2D eigenvalue weighted by Crippen LogP contribution is 2.23. The molecule has 0 aromatic carbocycles. The highest BCUT2D eigenvalue weighted by Gasteiger charge is 2.33. The van der Waals surface area contributed by atoms with Gasteiger partial charge in [-0.15, -0.1) is 0 Å². The topological polar surface area (TPSA) is 40.5 Å². The maximum atomic E-state index is 11.8. The molecule has 1 atom stereocenters. The SMILES string of the molecule is CC(C(=O)O)C1CN(CCCF)C1. The van der Waals surface area contributed by atoms with E-state index < -0.39 is 5.97 Å². The Kier molecular flexibility index (Phi) is 3.66. The van der Waals surface area contributed by atoms with Crippen LogP contribution in [-0.2, 0) is 4.79 Å². The van der Waals surface area contributed by atoms with Crippen LogP contribution in [0.2, 0.25) is 0 Å². The van der Waals surface area contributed by atoms with Crippen molar-refractivity contribution in [2.45, 2.75) is 13.3 Å². The Morgan fingerprint density at radius 1 is 1.69 bits per heavy atom. The molecule has 3 nitrogen and oxygen atoms in total. The normalized spacial score (nSPS) is 21.1. The zero-order valence-corrected chi connectivity index (χ0v) is 7.87. The third-order valence-corrected chi connectivity index (χ3v) is 2.69. The van der Waals surface area contributed by atoms with Gasteiger partial charge in [-0.25, -0.2) is 0 Å². The van der Waals surface area contributed by atoms with Crippen LogP contribution in [0.3, 0.4) is 0 Å². The van der Waals surface area contributed by atoms with Crippen LogP contribution >= 0.6 is 0 Å². The molecule has 1 heterocycles. The molecule has 0 spiro atoms. The fourth-order valence-electron chi connectivity index (χ4n) is 1.59. The second-order valence-corrected chi connectivity index (χ2v) is 3.69. The number of hydrogen-bond donors (Lipinski definition) is 1. The first-order chi connectivity index (χ1) is 6.15. The summed E-state index contributed by atoms with van der Waals surface area (Å²) in [6.07, 6.45) is 0.564. The monoisotopic (exact) mass is 189 g/mol. The molecule has 1 rings (SSSR count). The second kappa shape index (κ2) is 4.56. The zero-order valence-electron chi connectivity index (χ0n) is 7.87. The summed E-state index contributed by atoms with van der Waals surface area (Å²) in [5, 5.41) is 8.70. The van der Waals surface area contributed by atoms with Crippen molar-refractivity contribution in [3.8, 4) is 0 Å². The lowest BCUT2D eigenvalue weighted by atomic mass is 9.87. The minimum atomic E-state index is -0.727. The molecule has 1 fully saturated rings. The van der Waals surface area contributed by atoms with Gasteiger partial charge in [0.05, 0.1) is 12.6 Å². The van der Waals surface area contributed by atoms with Gasteiger partial charge in [0.25, 0.3) is 0 Å². The fourth-order valence-corrected chi connectivity index (χ4v) is 1.59. The van der Waals surface area contributed by atoms with Crippen LogP contribution in [0.5, 0.6) is 0 Å². The van der Waals surface area contributed by atoms with Crippen molar-refractivity contribution in [1.82, 2.24) is 4.90 Å². The number of halogens is 1. The minimum Gasteiger partial charge on any atom is -0.481 e. The summed E-state index contributed by atoms with van der Waals surface area (Å²) in [6.45, 7) is 3.84. The molecule has 0 aliphatic carbocycles. The number of carboxylic acids is 1. The predicted molar refractivity (Wildman–Crippen MR) is 47.3 cm³/mol. The van der Waals surface area contributed by atoms with E-state index in [1.807, 2.05) is 0 Å². The Labute approximate surface area is 77.5 Å². The molecule has 0 radical (unpaired) electrons. The van der Waals surface area contributed by atoms with Crippen LogP contribution in [0, 0.1) is 11.8 Å². The summed E-state index contributed by atoms with van der Waals surface area (Å²) in [6, 6.07) is 0. The molecule has 0 aromatic rings. The Balaban J connectivity index is 2.14.